The minimum absolute atomic E-state index is 0.0896. The third-order valence-corrected chi connectivity index (χ3v) is 4.70. The topological polar surface area (TPSA) is 49.8 Å². The molecule has 1 N–H and O–H groups in total. The van der Waals surface area contributed by atoms with E-state index in [9.17, 15) is 9.90 Å². The molecule has 1 atom stereocenters. The highest BCUT2D eigenvalue weighted by atomic mass is 16.5. The molecule has 2 rings (SSSR count). The highest BCUT2D eigenvalue weighted by Gasteiger charge is 2.48. The Bertz CT molecular complexity index is 507. The molecule has 0 aromatic heterocycles. The van der Waals surface area contributed by atoms with Crippen molar-refractivity contribution in [2.24, 2.45) is 5.41 Å². The summed E-state index contributed by atoms with van der Waals surface area (Å²) in [5.74, 6) is 0.908. The fraction of sp³-hybridized carbons (Fsp3) is 0.588. The average Bonchev–Trinajstić information content (AvgIpc) is 2.65. The third-order valence-electron chi connectivity index (χ3n) is 4.70. The van der Waals surface area contributed by atoms with Gasteiger partial charge in [0.25, 0.3) is 0 Å². The second kappa shape index (κ2) is 5.68. The molecule has 0 aliphatic carbocycles. The van der Waals surface area contributed by atoms with E-state index in [1.165, 1.54) is 0 Å². The number of β-amino-alcohol motifs (C(OH)–C–C–N with tert-alkyl or cyclic N) is 1. The number of aliphatic hydroxyl groups is 1. The molecule has 1 fully saturated rings. The van der Waals surface area contributed by atoms with Gasteiger partial charge in [-0.05, 0) is 25.0 Å². The van der Waals surface area contributed by atoms with Crippen LogP contribution in [-0.4, -0.2) is 41.7 Å². The van der Waals surface area contributed by atoms with Crippen molar-refractivity contribution in [2.75, 3.05) is 20.2 Å². The second-order valence-corrected chi connectivity index (χ2v) is 6.72. The lowest BCUT2D eigenvalue weighted by atomic mass is 9.79. The molecule has 1 heterocycles. The number of methoxy groups -OCH3 is 1. The molecular formula is C17H25NO3. The number of para-hydroxylation sites is 1. The quantitative estimate of drug-likeness (QED) is 0.925. The van der Waals surface area contributed by atoms with Crippen molar-refractivity contribution in [2.45, 2.75) is 39.2 Å². The Hall–Kier alpha value is -1.55. The molecule has 4 heteroatoms. The number of nitrogens with zero attached hydrogens (tertiary/aromatic N) is 1. The van der Waals surface area contributed by atoms with Crippen molar-refractivity contribution in [3.63, 3.8) is 0 Å². The van der Waals surface area contributed by atoms with Gasteiger partial charge in [-0.25, -0.2) is 0 Å². The van der Waals surface area contributed by atoms with Gasteiger partial charge in [0.05, 0.1) is 12.7 Å². The Kier molecular flexibility index (Phi) is 4.28. The first-order valence-corrected chi connectivity index (χ1v) is 7.39. The van der Waals surface area contributed by atoms with Crippen LogP contribution in [0.4, 0.5) is 0 Å². The smallest absolute Gasteiger partial charge is 0.223 e. The normalized spacial score (nSPS) is 24.1. The number of carbonyl (C=O) groups is 1. The Balaban J connectivity index is 1.97. The summed E-state index contributed by atoms with van der Waals surface area (Å²) >= 11 is 0. The Morgan fingerprint density at radius 1 is 1.29 bits per heavy atom. The van der Waals surface area contributed by atoms with E-state index in [1.54, 1.807) is 18.9 Å². The first kappa shape index (κ1) is 15.8. The Morgan fingerprint density at radius 2 is 1.95 bits per heavy atom. The predicted molar refractivity (Wildman–Crippen MR) is 82.3 cm³/mol. The van der Waals surface area contributed by atoms with Crippen LogP contribution in [0.15, 0.2) is 24.3 Å². The van der Waals surface area contributed by atoms with Crippen LogP contribution in [0.3, 0.4) is 0 Å². The summed E-state index contributed by atoms with van der Waals surface area (Å²) in [5, 5.41) is 10.4. The number of aryl methyl sites for hydroxylation is 1. The summed E-state index contributed by atoms with van der Waals surface area (Å²) in [6.45, 7) is 6.82. The molecule has 116 valence electrons. The molecule has 0 spiro atoms. The molecule has 1 aromatic rings. The number of hydrogen-bond donors (Lipinski definition) is 1. The minimum Gasteiger partial charge on any atom is -0.496 e. The standard InChI is InChI=1S/C17H25NO3/c1-16(2)11-18(12-17(16,3)20)15(19)10-9-13-7-5-6-8-14(13)21-4/h5-8,20H,9-12H2,1-4H3/t17-/m1/s1. The van der Waals surface area contributed by atoms with Gasteiger partial charge in [-0.2, -0.15) is 0 Å². The largest absolute Gasteiger partial charge is 0.496 e. The molecule has 21 heavy (non-hydrogen) atoms. The van der Waals surface area contributed by atoms with Crippen molar-refractivity contribution >= 4 is 5.91 Å². The van der Waals surface area contributed by atoms with Crippen LogP contribution in [0.2, 0.25) is 0 Å². The van der Waals surface area contributed by atoms with Gasteiger partial charge in [0.1, 0.15) is 5.75 Å². The fourth-order valence-corrected chi connectivity index (χ4v) is 2.77. The molecule has 0 unspecified atom stereocenters. The number of amides is 1. The summed E-state index contributed by atoms with van der Waals surface area (Å²) in [4.78, 5) is 14.1. The number of carbonyl (C=O) groups excluding carboxylic acids is 1. The van der Waals surface area contributed by atoms with Crippen molar-refractivity contribution in [3.05, 3.63) is 29.8 Å². The van der Waals surface area contributed by atoms with Crippen molar-refractivity contribution in [1.29, 1.82) is 0 Å². The molecule has 1 aliphatic rings. The van der Waals surface area contributed by atoms with Gasteiger partial charge < -0.3 is 14.7 Å². The van der Waals surface area contributed by atoms with Crippen LogP contribution in [0.5, 0.6) is 5.75 Å². The average molecular weight is 291 g/mol. The van der Waals surface area contributed by atoms with Gasteiger partial charge >= 0.3 is 0 Å². The number of hydrogen-bond acceptors (Lipinski definition) is 3. The summed E-state index contributed by atoms with van der Waals surface area (Å²) < 4.78 is 5.30. The van der Waals surface area contributed by atoms with Gasteiger partial charge in [-0.1, -0.05) is 32.0 Å². The highest BCUT2D eigenvalue weighted by molar-refractivity contribution is 5.77. The van der Waals surface area contributed by atoms with E-state index in [0.717, 1.165) is 11.3 Å². The van der Waals surface area contributed by atoms with Gasteiger partial charge in [0.2, 0.25) is 5.91 Å². The summed E-state index contributed by atoms with van der Waals surface area (Å²) in [5.41, 5.74) is -0.0567. The first-order chi connectivity index (χ1) is 9.77. The van der Waals surface area contributed by atoms with Crippen LogP contribution < -0.4 is 4.74 Å². The van der Waals surface area contributed by atoms with Crippen molar-refractivity contribution in [1.82, 2.24) is 4.90 Å². The lowest BCUT2D eigenvalue weighted by Gasteiger charge is -2.30. The van der Waals surface area contributed by atoms with E-state index in [-0.39, 0.29) is 11.3 Å². The van der Waals surface area contributed by atoms with Crippen LogP contribution in [0.1, 0.15) is 32.8 Å². The lowest BCUT2D eigenvalue weighted by Crippen LogP contribution is -2.40. The summed E-state index contributed by atoms with van der Waals surface area (Å²) in [6, 6.07) is 7.76. The maximum atomic E-state index is 12.4. The molecule has 1 aliphatic heterocycles. The third kappa shape index (κ3) is 3.21. The summed E-state index contributed by atoms with van der Waals surface area (Å²) in [6.07, 6.45) is 1.09. The lowest BCUT2D eigenvalue weighted by molar-refractivity contribution is -0.131. The zero-order valence-electron chi connectivity index (χ0n) is 13.3. The molecule has 1 amide bonds. The van der Waals surface area contributed by atoms with Gasteiger partial charge in [0.15, 0.2) is 0 Å². The number of rotatable bonds is 4. The second-order valence-electron chi connectivity index (χ2n) is 6.72. The fourth-order valence-electron chi connectivity index (χ4n) is 2.77. The van der Waals surface area contributed by atoms with E-state index < -0.39 is 5.60 Å². The van der Waals surface area contributed by atoms with E-state index >= 15 is 0 Å². The minimum atomic E-state index is -0.826. The monoisotopic (exact) mass is 291 g/mol. The van der Waals surface area contributed by atoms with E-state index in [1.807, 2.05) is 38.1 Å². The van der Waals surface area contributed by atoms with Crippen LogP contribution in [-0.2, 0) is 11.2 Å². The first-order valence-electron chi connectivity index (χ1n) is 7.39. The van der Waals surface area contributed by atoms with Crippen molar-refractivity contribution < 1.29 is 14.6 Å². The van der Waals surface area contributed by atoms with Crippen LogP contribution in [0.25, 0.3) is 0 Å². The van der Waals surface area contributed by atoms with E-state index in [0.29, 0.717) is 25.9 Å². The zero-order chi connectivity index (χ0) is 15.7. The molecule has 1 aromatic carbocycles. The van der Waals surface area contributed by atoms with Crippen LogP contribution >= 0.6 is 0 Å². The molecule has 1 saturated heterocycles. The molecule has 4 nitrogen and oxygen atoms in total. The number of benzene rings is 1. The van der Waals surface area contributed by atoms with Gasteiger partial charge in [-0.3, -0.25) is 4.79 Å². The maximum absolute atomic E-state index is 12.4. The molecule has 0 saturated carbocycles. The highest BCUT2D eigenvalue weighted by Crippen LogP contribution is 2.38. The molecule has 0 bridgehead atoms. The van der Waals surface area contributed by atoms with Crippen molar-refractivity contribution in [3.8, 4) is 5.75 Å². The molecular weight excluding hydrogens is 266 g/mol. The Labute approximate surface area is 126 Å². The number of ether oxygens (including phenoxy) is 1. The molecule has 0 radical (unpaired) electrons. The predicted octanol–water partition coefficient (Wildman–Crippen LogP) is 2.25. The van der Waals surface area contributed by atoms with E-state index in [2.05, 4.69) is 0 Å². The van der Waals surface area contributed by atoms with Crippen LogP contribution in [0, 0.1) is 5.41 Å². The van der Waals surface area contributed by atoms with Gasteiger partial charge in [-0.15, -0.1) is 0 Å². The summed E-state index contributed by atoms with van der Waals surface area (Å²) in [7, 11) is 1.64. The maximum Gasteiger partial charge on any atom is 0.223 e. The van der Waals surface area contributed by atoms with E-state index in [4.69, 9.17) is 4.74 Å². The van der Waals surface area contributed by atoms with Gasteiger partial charge in [0, 0.05) is 24.9 Å². The number of likely N-dealkylation sites (tertiary alicyclic amines) is 1. The Morgan fingerprint density at radius 3 is 2.52 bits per heavy atom. The zero-order valence-corrected chi connectivity index (χ0v) is 13.3. The SMILES string of the molecule is COc1ccccc1CCC(=O)N1CC(C)(C)[C@](C)(O)C1.